The Hall–Kier alpha value is -9.06. The standard InChI is InChI=1S/C67H49N3O2/c1-41(2)44-33-35-45(36-34-44)68-60-39-58(69(46-19-13-17-42(3)37-46)56-29-15-27-54-50-23-9-11-31-62(50)71-66(54)56)48-21-5-7-25-52(48)64(60)65-53-26-8-6-22-49(53)59(40-61(65)68)70(47-20-14-18-43(4)38-47)57-30-16-28-55-51-24-10-12-32-63(51)72-67(55)57/h5-41H,1-4H3. The lowest BCUT2D eigenvalue weighted by Gasteiger charge is -2.28. The lowest BCUT2D eigenvalue weighted by Crippen LogP contribution is -2.11. The number of hydrogen-bond acceptors (Lipinski definition) is 4. The molecule has 0 aliphatic heterocycles. The second kappa shape index (κ2) is 16.3. The van der Waals surface area contributed by atoms with Crippen LogP contribution in [0, 0.1) is 13.8 Å². The molecule has 14 aromatic rings. The van der Waals surface area contributed by atoms with Gasteiger partial charge in [0.15, 0.2) is 11.2 Å². The van der Waals surface area contributed by atoms with Crippen LogP contribution >= 0.6 is 0 Å². The summed E-state index contributed by atoms with van der Waals surface area (Å²) in [6.07, 6.45) is 0. The first-order chi connectivity index (χ1) is 35.4. The molecular formula is C67H49N3O2. The average Bonchev–Trinajstić information content (AvgIpc) is 4.10. The molecule has 344 valence electrons. The Morgan fingerprint density at radius 3 is 1.21 bits per heavy atom. The average molecular weight is 928 g/mol. The van der Waals surface area contributed by atoms with Crippen LogP contribution in [0.25, 0.3) is 92.9 Å². The predicted molar refractivity (Wildman–Crippen MR) is 303 cm³/mol. The van der Waals surface area contributed by atoms with Crippen LogP contribution in [0.3, 0.4) is 0 Å². The Balaban J connectivity index is 1.14. The Morgan fingerprint density at radius 1 is 0.361 bits per heavy atom. The maximum atomic E-state index is 6.86. The van der Waals surface area contributed by atoms with E-state index >= 15 is 0 Å². The molecule has 3 aromatic heterocycles. The Bertz CT molecular complexity index is 4210. The molecule has 0 bridgehead atoms. The summed E-state index contributed by atoms with van der Waals surface area (Å²) in [4.78, 5) is 4.83. The number of aryl methyl sites for hydroxylation is 2. The minimum Gasteiger partial charge on any atom is -0.454 e. The SMILES string of the molecule is Cc1cccc(N(c2cc3c(c4ccccc24)c2c4ccccc4c(N(c4cccc(C)c4)c4cccc5c4oc4ccccc45)cc2n3-c2ccc(C(C)C)cc2)c2cccc3c2oc2ccccc23)c1. The molecule has 0 saturated carbocycles. The fraction of sp³-hybridized carbons (Fsp3) is 0.0746. The highest BCUT2D eigenvalue weighted by atomic mass is 16.3. The third-order valence-electron chi connectivity index (χ3n) is 14.8. The molecule has 72 heavy (non-hydrogen) atoms. The third kappa shape index (κ3) is 6.40. The van der Waals surface area contributed by atoms with E-state index in [1.54, 1.807) is 0 Å². The van der Waals surface area contributed by atoms with E-state index in [1.165, 1.54) is 38.2 Å². The van der Waals surface area contributed by atoms with Gasteiger partial charge in [0.1, 0.15) is 11.2 Å². The minimum absolute atomic E-state index is 0.385. The number of benzene rings is 11. The van der Waals surface area contributed by atoms with Gasteiger partial charge in [-0.15, -0.1) is 0 Å². The van der Waals surface area contributed by atoms with Crippen molar-refractivity contribution in [2.75, 3.05) is 9.80 Å². The summed E-state index contributed by atoms with van der Waals surface area (Å²) in [5.74, 6) is 0.385. The van der Waals surface area contributed by atoms with E-state index in [0.717, 1.165) is 105 Å². The summed E-state index contributed by atoms with van der Waals surface area (Å²) in [7, 11) is 0. The minimum atomic E-state index is 0.385. The second-order valence-corrected chi connectivity index (χ2v) is 19.6. The van der Waals surface area contributed by atoms with E-state index in [1.807, 2.05) is 12.1 Å². The highest BCUT2D eigenvalue weighted by Gasteiger charge is 2.28. The van der Waals surface area contributed by atoms with Gasteiger partial charge in [0.2, 0.25) is 0 Å². The van der Waals surface area contributed by atoms with Crippen molar-refractivity contribution in [3.05, 3.63) is 235 Å². The number of anilines is 6. The monoisotopic (exact) mass is 927 g/mol. The van der Waals surface area contributed by atoms with E-state index in [4.69, 9.17) is 8.83 Å². The van der Waals surface area contributed by atoms with E-state index < -0.39 is 0 Å². The van der Waals surface area contributed by atoms with Crippen LogP contribution < -0.4 is 9.80 Å². The van der Waals surface area contributed by atoms with Crippen molar-refractivity contribution in [2.24, 2.45) is 0 Å². The lowest BCUT2D eigenvalue weighted by molar-refractivity contribution is 0.669. The van der Waals surface area contributed by atoms with E-state index in [9.17, 15) is 0 Å². The van der Waals surface area contributed by atoms with Gasteiger partial charge in [0.25, 0.3) is 0 Å². The summed E-state index contributed by atoms with van der Waals surface area (Å²) >= 11 is 0. The van der Waals surface area contributed by atoms with Gasteiger partial charge in [-0.05, 0) is 120 Å². The maximum Gasteiger partial charge on any atom is 0.159 e. The molecule has 14 rings (SSSR count). The molecule has 0 N–H and O–H groups in total. The van der Waals surface area contributed by atoms with E-state index in [-0.39, 0.29) is 0 Å². The number of fused-ring (bicyclic) bond motifs is 13. The van der Waals surface area contributed by atoms with Crippen molar-refractivity contribution in [2.45, 2.75) is 33.6 Å². The van der Waals surface area contributed by atoms with E-state index in [2.05, 4.69) is 248 Å². The third-order valence-corrected chi connectivity index (χ3v) is 14.8. The van der Waals surface area contributed by atoms with E-state index in [0.29, 0.717) is 5.92 Å². The van der Waals surface area contributed by atoms with Crippen molar-refractivity contribution >= 4 is 121 Å². The summed E-state index contributed by atoms with van der Waals surface area (Å²) in [6, 6.07) is 79.4. The van der Waals surface area contributed by atoms with Crippen LogP contribution in [0.1, 0.15) is 36.5 Å². The van der Waals surface area contributed by atoms with Gasteiger partial charge >= 0.3 is 0 Å². The molecule has 0 radical (unpaired) electrons. The predicted octanol–water partition coefficient (Wildman–Crippen LogP) is 19.6. The lowest BCUT2D eigenvalue weighted by atomic mass is 9.96. The van der Waals surface area contributed by atoms with Crippen LogP contribution in [-0.2, 0) is 0 Å². The molecule has 5 nitrogen and oxygen atoms in total. The van der Waals surface area contributed by atoms with Crippen LogP contribution in [0.2, 0.25) is 0 Å². The molecule has 0 aliphatic carbocycles. The first kappa shape index (κ1) is 41.9. The topological polar surface area (TPSA) is 37.7 Å². The number of aromatic nitrogens is 1. The fourth-order valence-corrected chi connectivity index (χ4v) is 11.5. The zero-order valence-electron chi connectivity index (χ0n) is 40.5. The highest BCUT2D eigenvalue weighted by molar-refractivity contribution is 6.32. The maximum absolute atomic E-state index is 6.86. The molecule has 0 spiro atoms. The number of furan rings is 2. The van der Waals surface area contributed by atoms with Crippen molar-refractivity contribution in [1.29, 1.82) is 0 Å². The molecular weight excluding hydrogens is 879 g/mol. The largest absolute Gasteiger partial charge is 0.454 e. The summed E-state index contributed by atoms with van der Waals surface area (Å²) < 4.78 is 16.2. The first-order valence-electron chi connectivity index (χ1n) is 24.9. The van der Waals surface area contributed by atoms with Gasteiger partial charge in [-0.3, -0.25) is 0 Å². The smallest absolute Gasteiger partial charge is 0.159 e. The molecule has 0 fully saturated rings. The molecule has 0 saturated heterocycles. The van der Waals surface area contributed by atoms with Gasteiger partial charge < -0.3 is 23.2 Å². The summed E-state index contributed by atoms with van der Waals surface area (Å²) in [5.41, 5.74) is 16.6. The van der Waals surface area contributed by atoms with Gasteiger partial charge in [0, 0.05) is 60.2 Å². The molecule has 5 heteroatoms. The quantitative estimate of drug-likeness (QED) is 0.152. The second-order valence-electron chi connectivity index (χ2n) is 19.6. The Morgan fingerprint density at radius 2 is 0.764 bits per heavy atom. The Labute approximate surface area is 417 Å². The number of hydrogen-bond donors (Lipinski definition) is 0. The zero-order chi connectivity index (χ0) is 48.2. The van der Waals surface area contributed by atoms with Crippen molar-refractivity contribution in [3.63, 3.8) is 0 Å². The van der Waals surface area contributed by atoms with Crippen molar-refractivity contribution in [3.8, 4) is 5.69 Å². The van der Waals surface area contributed by atoms with Crippen LogP contribution in [0.15, 0.2) is 227 Å². The molecule has 0 unspecified atom stereocenters. The van der Waals surface area contributed by atoms with Crippen LogP contribution in [-0.4, -0.2) is 4.57 Å². The number of para-hydroxylation sites is 4. The Kier molecular flexibility index (Phi) is 9.46. The number of nitrogens with zero attached hydrogens (tertiary/aromatic N) is 3. The van der Waals surface area contributed by atoms with Gasteiger partial charge in [-0.1, -0.05) is 159 Å². The summed E-state index contributed by atoms with van der Waals surface area (Å²) in [6.45, 7) is 8.86. The van der Waals surface area contributed by atoms with Crippen LogP contribution in [0.5, 0.6) is 0 Å². The highest BCUT2D eigenvalue weighted by Crippen LogP contribution is 2.52. The van der Waals surface area contributed by atoms with Crippen molar-refractivity contribution in [1.82, 2.24) is 4.57 Å². The fourth-order valence-electron chi connectivity index (χ4n) is 11.5. The molecule has 0 aliphatic rings. The first-order valence-corrected chi connectivity index (χ1v) is 24.9. The van der Waals surface area contributed by atoms with Gasteiger partial charge in [0.05, 0.1) is 33.8 Å². The van der Waals surface area contributed by atoms with Gasteiger partial charge in [-0.25, -0.2) is 0 Å². The normalized spacial score (nSPS) is 12.0. The molecule has 3 heterocycles. The molecule has 0 amide bonds. The zero-order valence-corrected chi connectivity index (χ0v) is 40.5. The molecule has 0 atom stereocenters. The summed E-state index contributed by atoms with van der Waals surface area (Å²) in [5, 5.41) is 11.4. The molecule has 11 aromatic carbocycles. The van der Waals surface area contributed by atoms with Gasteiger partial charge in [-0.2, -0.15) is 0 Å². The number of rotatable bonds is 8. The van der Waals surface area contributed by atoms with Crippen LogP contribution in [0.4, 0.5) is 34.1 Å². The van der Waals surface area contributed by atoms with Crippen molar-refractivity contribution < 1.29 is 8.83 Å².